The van der Waals surface area contributed by atoms with E-state index in [9.17, 15) is 0 Å². The first-order chi connectivity index (χ1) is 9.70. The Morgan fingerprint density at radius 1 is 1.10 bits per heavy atom. The number of rotatable bonds is 6. The fourth-order valence-electron chi connectivity index (χ4n) is 1.98. The maximum atomic E-state index is 6.19. The Kier molecular flexibility index (Phi) is 6.24. The lowest BCUT2D eigenvalue weighted by Crippen LogP contribution is -2.22. The van der Waals surface area contributed by atoms with Crippen molar-refractivity contribution in [3.05, 3.63) is 64.1 Å². The van der Waals surface area contributed by atoms with Gasteiger partial charge in [-0.1, -0.05) is 54.4 Å². The summed E-state index contributed by atoms with van der Waals surface area (Å²) >= 11 is 14.0. The highest BCUT2D eigenvalue weighted by Gasteiger charge is 2.12. The molecule has 0 heterocycles. The molecule has 2 aromatic carbocycles. The van der Waals surface area contributed by atoms with E-state index >= 15 is 0 Å². The van der Waals surface area contributed by atoms with Crippen molar-refractivity contribution in [1.29, 1.82) is 0 Å². The lowest BCUT2D eigenvalue weighted by Gasteiger charge is -2.18. The van der Waals surface area contributed by atoms with Crippen LogP contribution >= 0.6 is 35.0 Å². The zero-order valence-electron chi connectivity index (χ0n) is 11.3. The predicted molar refractivity (Wildman–Crippen MR) is 90.0 cm³/mol. The first-order valence-electron chi connectivity index (χ1n) is 6.57. The minimum absolute atomic E-state index is 0.264. The molecule has 0 aliphatic heterocycles. The second-order valence-electron chi connectivity index (χ2n) is 4.41. The molecule has 0 saturated carbocycles. The van der Waals surface area contributed by atoms with Crippen molar-refractivity contribution in [3.8, 4) is 0 Å². The van der Waals surface area contributed by atoms with Gasteiger partial charge in [0, 0.05) is 21.7 Å². The quantitative estimate of drug-likeness (QED) is 0.710. The van der Waals surface area contributed by atoms with Crippen molar-refractivity contribution in [3.63, 3.8) is 0 Å². The van der Waals surface area contributed by atoms with Crippen LogP contribution in [0.2, 0.25) is 10.0 Å². The molecule has 0 radical (unpaired) electrons. The van der Waals surface area contributed by atoms with Gasteiger partial charge in [-0.15, -0.1) is 11.8 Å². The van der Waals surface area contributed by atoms with Gasteiger partial charge in [0.1, 0.15) is 0 Å². The van der Waals surface area contributed by atoms with Gasteiger partial charge in [0.25, 0.3) is 0 Å². The Morgan fingerprint density at radius 3 is 2.60 bits per heavy atom. The van der Waals surface area contributed by atoms with Crippen molar-refractivity contribution < 1.29 is 0 Å². The molecule has 1 unspecified atom stereocenters. The van der Waals surface area contributed by atoms with Crippen LogP contribution in [0.3, 0.4) is 0 Å². The Bertz CT molecular complexity index is 560. The Balaban J connectivity index is 2.08. The van der Waals surface area contributed by atoms with Crippen LogP contribution < -0.4 is 5.32 Å². The molecule has 0 aliphatic rings. The largest absolute Gasteiger partial charge is 0.309 e. The summed E-state index contributed by atoms with van der Waals surface area (Å²) in [7, 11) is 0. The SMILES string of the molecule is CCNC(CSc1ccccc1Cl)c1cccc(Cl)c1. The van der Waals surface area contributed by atoms with Gasteiger partial charge >= 0.3 is 0 Å². The number of nitrogens with one attached hydrogen (secondary N) is 1. The van der Waals surface area contributed by atoms with E-state index in [0.29, 0.717) is 0 Å². The third-order valence-corrected chi connectivity index (χ3v) is 4.79. The monoisotopic (exact) mass is 325 g/mol. The van der Waals surface area contributed by atoms with Gasteiger partial charge in [0.15, 0.2) is 0 Å². The Morgan fingerprint density at radius 2 is 1.90 bits per heavy atom. The lowest BCUT2D eigenvalue weighted by atomic mass is 10.1. The van der Waals surface area contributed by atoms with Crippen LogP contribution in [0.15, 0.2) is 53.4 Å². The van der Waals surface area contributed by atoms with Gasteiger partial charge in [-0.05, 0) is 36.4 Å². The van der Waals surface area contributed by atoms with E-state index in [1.54, 1.807) is 11.8 Å². The maximum Gasteiger partial charge on any atom is 0.0541 e. The van der Waals surface area contributed by atoms with Gasteiger partial charge in [-0.2, -0.15) is 0 Å². The third kappa shape index (κ3) is 4.42. The summed E-state index contributed by atoms with van der Waals surface area (Å²) in [5, 5.41) is 5.07. The fraction of sp³-hybridized carbons (Fsp3) is 0.250. The minimum Gasteiger partial charge on any atom is -0.309 e. The maximum absolute atomic E-state index is 6.19. The number of thioether (sulfide) groups is 1. The summed E-state index contributed by atoms with van der Waals surface area (Å²) in [4.78, 5) is 1.11. The van der Waals surface area contributed by atoms with Crippen molar-refractivity contribution in [2.45, 2.75) is 17.9 Å². The smallest absolute Gasteiger partial charge is 0.0541 e. The molecule has 1 atom stereocenters. The van der Waals surface area contributed by atoms with Gasteiger partial charge in [-0.3, -0.25) is 0 Å². The Labute approximate surface area is 134 Å². The molecular weight excluding hydrogens is 309 g/mol. The van der Waals surface area contributed by atoms with Crippen LogP contribution in [-0.2, 0) is 0 Å². The zero-order chi connectivity index (χ0) is 14.4. The van der Waals surface area contributed by atoms with Crippen molar-refractivity contribution in [2.24, 2.45) is 0 Å². The second kappa shape index (κ2) is 7.94. The molecule has 20 heavy (non-hydrogen) atoms. The van der Waals surface area contributed by atoms with E-state index in [-0.39, 0.29) is 6.04 Å². The average Bonchev–Trinajstić information content (AvgIpc) is 2.45. The topological polar surface area (TPSA) is 12.0 Å². The minimum atomic E-state index is 0.264. The van der Waals surface area contributed by atoms with E-state index in [2.05, 4.69) is 18.3 Å². The summed E-state index contributed by atoms with van der Waals surface area (Å²) in [5.41, 5.74) is 1.21. The highest BCUT2D eigenvalue weighted by Crippen LogP contribution is 2.30. The molecule has 0 aromatic heterocycles. The van der Waals surface area contributed by atoms with Crippen LogP contribution in [0.25, 0.3) is 0 Å². The van der Waals surface area contributed by atoms with E-state index in [1.807, 2.05) is 42.5 Å². The van der Waals surface area contributed by atoms with Crippen molar-refractivity contribution >= 4 is 35.0 Å². The predicted octanol–water partition coefficient (Wildman–Crippen LogP) is 5.44. The van der Waals surface area contributed by atoms with Crippen LogP contribution in [0.4, 0.5) is 0 Å². The fourth-order valence-corrected chi connectivity index (χ4v) is 3.51. The number of benzene rings is 2. The highest BCUT2D eigenvalue weighted by molar-refractivity contribution is 7.99. The van der Waals surface area contributed by atoms with Crippen LogP contribution in [0.5, 0.6) is 0 Å². The normalized spacial score (nSPS) is 12.3. The van der Waals surface area contributed by atoms with Crippen LogP contribution in [-0.4, -0.2) is 12.3 Å². The molecule has 106 valence electrons. The molecule has 0 saturated heterocycles. The Hall–Kier alpha value is -0.670. The highest BCUT2D eigenvalue weighted by atomic mass is 35.5. The van der Waals surface area contributed by atoms with Gasteiger partial charge < -0.3 is 5.32 Å². The van der Waals surface area contributed by atoms with Gasteiger partial charge in [0.2, 0.25) is 0 Å². The third-order valence-electron chi connectivity index (χ3n) is 2.94. The molecule has 1 nitrogen and oxygen atoms in total. The molecule has 0 spiro atoms. The van der Waals surface area contributed by atoms with Gasteiger partial charge in [0.05, 0.1) is 5.02 Å². The summed E-state index contributed by atoms with van der Waals surface area (Å²) in [6.45, 7) is 3.03. The first kappa shape index (κ1) is 15.7. The van der Waals surface area contributed by atoms with Crippen molar-refractivity contribution in [1.82, 2.24) is 5.32 Å². The molecule has 4 heteroatoms. The summed E-state index contributed by atoms with van der Waals surface area (Å²) in [5.74, 6) is 0.915. The van der Waals surface area contributed by atoms with E-state index < -0.39 is 0 Å². The molecule has 2 aromatic rings. The molecule has 0 bridgehead atoms. The van der Waals surface area contributed by atoms with E-state index in [4.69, 9.17) is 23.2 Å². The molecule has 2 rings (SSSR count). The first-order valence-corrected chi connectivity index (χ1v) is 8.31. The summed E-state index contributed by atoms with van der Waals surface area (Å²) in [6.07, 6.45) is 0. The van der Waals surface area contributed by atoms with Gasteiger partial charge in [-0.25, -0.2) is 0 Å². The lowest BCUT2D eigenvalue weighted by molar-refractivity contribution is 0.606. The number of halogens is 2. The second-order valence-corrected chi connectivity index (χ2v) is 6.31. The molecule has 0 amide bonds. The van der Waals surface area contributed by atoms with E-state index in [1.165, 1.54) is 5.56 Å². The summed E-state index contributed by atoms with van der Waals surface area (Å²) in [6, 6.07) is 16.2. The van der Waals surface area contributed by atoms with Crippen LogP contribution in [0, 0.1) is 0 Å². The zero-order valence-corrected chi connectivity index (χ0v) is 13.6. The van der Waals surface area contributed by atoms with Crippen LogP contribution in [0.1, 0.15) is 18.5 Å². The molecule has 0 fully saturated rings. The molecule has 1 N–H and O–H groups in total. The molecule has 0 aliphatic carbocycles. The number of hydrogen-bond donors (Lipinski definition) is 1. The summed E-state index contributed by atoms with van der Waals surface area (Å²) < 4.78 is 0. The standard InChI is InChI=1S/C16H17Cl2NS/c1-2-19-15(12-6-5-7-13(17)10-12)11-20-16-9-4-3-8-14(16)18/h3-10,15,19H,2,11H2,1H3. The number of hydrogen-bond acceptors (Lipinski definition) is 2. The van der Waals surface area contributed by atoms with Crippen molar-refractivity contribution in [2.75, 3.05) is 12.3 Å². The average molecular weight is 326 g/mol. The van der Waals surface area contributed by atoms with E-state index in [0.717, 1.165) is 27.2 Å². The molecular formula is C16H17Cl2NS.